The second-order valence-electron chi connectivity index (χ2n) is 18.2. The summed E-state index contributed by atoms with van der Waals surface area (Å²) in [4.78, 5) is 120. The first-order valence-electron chi connectivity index (χ1n) is 23.3. The molecule has 0 spiro atoms. The molecule has 1 rings (SSSR count). The minimum atomic E-state index is -1.81. The Hall–Kier alpha value is -5.25. The summed E-state index contributed by atoms with van der Waals surface area (Å²) in [5, 5.41) is 70.6. The molecule has 402 valence electrons. The van der Waals surface area contributed by atoms with Crippen molar-refractivity contribution >= 4 is 78.5 Å². The first kappa shape index (κ1) is 63.8. The number of aliphatic hydroxyl groups excluding tert-OH is 3. The fourth-order valence-corrected chi connectivity index (χ4v) is 7.24. The van der Waals surface area contributed by atoms with Crippen LogP contribution in [-0.2, 0) is 49.6 Å². The molecular weight excluding hydrogens is 969 g/mol. The van der Waals surface area contributed by atoms with Crippen LogP contribution >= 0.6 is 25.3 Å². The molecule has 1 aromatic rings. The van der Waals surface area contributed by atoms with Crippen LogP contribution in [0.1, 0.15) is 86.1 Å². The lowest BCUT2D eigenvalue weighted by Crippen LogP contribution is -2.64. The number of phenolic OH excluding ortho intramolecular Hbond substituents is 1. The second kappa shape index (κ2) is 32.0. The molecule has 12 atom stereocenters. The molecule has 26 heteroatoms. The van der Waals surface area contributed by atoms with Gasteiger partial charge in [0, 0.05) is 17.9 Å². The molecule has 0 saturated heterocycles. The van der Waals surface area contributed by atoms with Gasteiger partial charge in [0.25, 0.3) is 0 Å². The summed E-state index contributed by atoms with van der Waals surface area (Å²) in [6.45, 7) is 10.7. The van der Waals surface area contributed by atoms with Crippen LogP contribution in [0.3, 0.4) is 0 Å². The first-order valence-corrected chi connectivity index (χ1v) is 24.6. The number of carbonyl (C=O) groups is 9. The van der Waals surface area contributed by atoms with Crippen LogP contribution in [-0.4, -0.2) is 169 Å². The Morgan fingerprint density at radius 2 is 0.873 bits per heavy atom. The number of hydrogen-bond donors (Lipinski definition) is 17. The number of phenols is 1. The number of carboxylic acid groups (broad SMARTS) is 1. The minimum absolute atomic E-state index is 0.0201. The number of thiol groups is 2. The maximum atomic E-state index is 14.1. The van der Waals surface area contributed by atoms with E-state index in [1.54, 1.807) is 27.7 Å². The van der Waals surface area contributed by atoms with Crippen molar-refractivity contribution in [3.05, 3.63) is 29.8 Å². The molecule has 0 unspecified atom stereocenters. The smallest absolute Gasteiger partial charge is 0.327 e. The van der Waals surface area contributed by atoms with Gasteiger partial charge in [-0.15, -0.1) is 0 Å². The Labute approximate surface area is 424 Å². The third-order valence-electron chi connectivity index (χ3n) is 10.8. The van der Waals surface area contributed by atoms with Gasteiger partial charge in [-0.2, -0.15) is 25.3 Å². The summed E-state index contributed by atoms with van der Waals surface area (Å²) in [6, 6.07) is -7.48. The summed E-state index contributed by atoms with van der Waals surface area (Å²) in [7, 11) is 0. The zero-order valence-corrected chi connectivity index (χ0v) is 43.0. The van der Waals surface area contributed by atoms with E-state index in [0.29, 0.717) is 12.0 Å². The molecular formula is C45H76N10O14S2. The maximum absolute atomic E-state index is 14.1. The van der Waals surface area contributed by atoms with E-state index in [1.165, 1.54) is 31.2 Å². The van der Waals surface area contributed by atoms with Crippen molar-refractivity contribution in [3.8, 4) is 5.75 Å². The monoisotopic (exact) mass is 1040 g/mol. The molecule has 0 fully saturated rings. The van der Waals surface area contributed by atoms with Gasteiger partial charge in [-0.05, 0) is 89.0 Å². The van der Waals surface area contributed by atoms with Crippen molar-refractivity contribution in [2.75, 3.05) is 18.1 Å². The molecule has 0 aliphatic rings. The zero-order chi connectivity index (χ0) is 54.3. The summed E-state index contributed by atoms with van der Waals surface area (Å²) >= 11 is 7.95. The lowest BCUT2D eigenvalue weighted by molar-refractivity contribution is -0.141. The van der Waals surface area contributed by atoms with Gasteiger partial charge in [0.1, 0.15) is 54.1 Å². The van der Waals surface area contributed by atoms with Crippen molar-refractivity contribution in [2.45, 2.75) is 160 Å². The second-order valence-corrected chi connectivity index (χ2v) is 18.9. The number of carboxylic acids is 1. The van der Waals surface area contributed by atoms with E-state index in [1.807, 2.05) is 0 Å². The third-order valence-corrected chi connectivity index (χ3v) is 11.5. The predicted octanol–water partition coefficient (Wildman–Crippen LogP) is -3.55. The van der Waals surface area contributed by atoms with Crippen LogP contribution in [0.5, 0.6) is 5.75 Å². The van der Waals surface area contributed by atoms with Crippen molar-refractivity contribution in [2.24, 2.45) is 23.3 Å². The first-order chi connectivity index (χ1) is 33.2. The van der Waals surface area contributed by atoms with Gasteiger partial charge < -0.3 is 79.5 Å². The van der Waals surface area contributed by atoms with Gasteiger partial charge in [0.15, 0.2) is 0 Å². The fourth-order valence-electron chi connectivity index (χ4n) is 6.83. The van der Waals surface area contributed by atoms with E-state index in [9.17, 15) is 68.7 Å². The topological polar surface area (TPSA) is 403 Å². The van der Waals surface area contributed by atoms with E-state index in [4.69, 9.17) is 11.5 Å². The molecule has 0 radical (unpaired) electrons. The van der Waals surface area contributed by atoms with Gasteiger partial charge in [0.2, 0.25) is 47.3 Å². The average molecular weight is 1050 g/mol. The molecule has 8 amide bonds. The molecule has 24 nitrogen and oxygen atoms in total. The Kier molecular flexibility index (Phi) is 28.7. The molecule has 1 aromatic carbocycles. The van der Waals surface area contributed by atoms with Crippen molar-refractivity contribution < 1.29 is 68.7 Å². The number of aliphatic hydroxyl groups is 3. The Morgan fingerprint density at radius 3 is 1.30 bits per heavy atom. The number of nitrogens with two attached hydrogens (primary N) is 2. The Balaban J connectivity index is 3.44. The highest BCUT2D eigenvalue weighted by Crippen LogP contribution is 2.14. The number of unbranched alkanes of at least 4 members (excludes halogenated alkanes) is 1. The number of aliphatic carboxylic acids is 1. The number of benzene rings is 1. The number of amides is 8. The highest BCUT2D eigenvalue weighted by atomic mass is 32.1. The number of hydrogen-bond acceptors (Lipinski definition) is 17. The molecule has 17 N–H and O–H groups in total. The summed E-state index contributed by atoms with van der Waals surface area (Å²) < 4.78 is 0. The Bertz CT molecular complexity index is 1930. The van der Waals surface area contributed by atoms with Gasteiger partial charge in [-0.25, -0.2) is 4.79 Å². The highest BCUT2D eigenvalue weighted by Gasteiger charge is 2.38. The van der Waals surface area contributed by atoms with Crippen LogP contribution < -0.4 is 54.0 Å². The summed E-state index contributed by atoms with van der Waals surface area (Å²) in [5.41, 5.74) is 11.9. The molecule has 71 heavy (non-hydrogen) atoms. The number of nitrogens with one attached hydrogen (secondary N) is 8. The van der Waals surface area contributed by atoms with E-state index < -0.39 is 126 Å². The third kappa shape index (κ3) is 22.8. The number of carbonyl (C=O) groups excluding carboxylic acids is 8. The van der Waals surface area contributed by atoms with Gasteiger partial charge in [0.05, 0.1) is 24.4 Å². The van der Waals surface area contributed by atoms with E-state index >= 15 is 0 Å². The SMILES string of the molecule is CC(C)C[C@H](NC(=O)[C@H](CCCCN)NC(=O)[C@@H](NC(=O)[C@@H](NC(=O)[C@H](CC(C)C)NC(=O)[C@@H](NC(=O)[C@@H](N)CS)[C@@H](C)O)[C@@H](C)O)[C@@H](C)O)C(=O)N[C@@H](Cc1ccc(O)cc1)C(=O)N[C@@H](CS)C(=O)O. The van der Waals surface area contributed by atoms with Crippen LogP contribution in [0.25, 0.3) is 0 Å². The van der Waals surface area contributed by atoms with Crippen LogP contribution in [0, 0.1) is 11.8 Å². The standard InChI is InChI=1S/C45H76N10O14S2/c1-21(2)16-30(39(62)50-32(18-26-11-13-27(59)14-12-26)40(63)52-33(20-71)45(68)69)49-38(61)29(10-8-9-15-46)48-42(65)35(24(6)57)55-44(67)36(25(7)58)54-41(64)31(17-22(3)4)51-43(66)34(23(5)56)53-37(60)28(47)19-70/h11-14,21-25,28-36,56-59,70-71H,8-10,15-20,46-47H2,1-7H3,(H,48,65)(H,49,61)(H,50,62)(H,51,66)(H,52,63)(H,53,60)(H,54,64)(H,55,67)(H,68,69)/t23-,24-,25-,28+,29+,30+,31+,32+,33+,34+,35+,36+/m1/s1. The van der Waals surface area contributed by atoms with Gasteiger partial charge in [-0.1, -0.05) is 39.8 Å². The van der Waals surface area contributed by atoms with E-state index in [2.05, 4.69) is 67.8 Å². The molecule has 0 aromatic heterocycles. The molecule has 0 heterocycles. The van der Waals surface area contributed by atoms with E-state index in [0.717, 1.165) is 13.8 Å². The number of rotatable bonds is 32. The minimum Gasteiger partial charge on any atom is -0.508 e. The van der Waals surface area contributed by atoms with Gasteiger partial charge >= 0.3 is 5.97 Å². The Morgan fingerprint density at radius 1 is 0.507 bits per heavy atom. The molecule has 0 saturated carbocycles. The summed E-state index contributed by atoms with van der Waals surface area (Å²) in [6.07, 6.45) is -4.24. The average Bonchev–Trinajstić information content (AvgIpc) is 3.28. The lowest BCUT2D eigenvalue weighted by Gasteiger charge is -2.30. The quantitative estimate of drug-likeness (QED) is 0.0245. The summed E-state index contributed by atoms with van der Waals surface area (Å²) in [5.74, 6) is -9.83. The molecule has 0 bridgehead atoms. The highest BCUT2D eigenvalue weighted by molar-refractivity contribution is 7.80. The van der Waals surface area contributed by atoms with Crippen molar-refractivity contribution in [1.82, 2.24) is 42.5 Å². The lowest BCUT2D eigenvalue weighted by atomic mass is 9.99. The zero-order valence-electron chi connectivity index (χ0n) is 41.2. The van der Waals surface area contributed by atoms with E-state index in [-0.39, 0.29) is 67.7 Å². The fraction of sp³-hybridized carbons (Fsp3) is 0.667. The normalized spacial score (nSPS) is 16.5. The van der Waals surface area contributed by atoms with Crippen LogP contribution in [0.2, 0.25) is 0 Å². The van der Waals surface area contributed by atoms with Crippen LogP contribution in [0.15, 0.2) is 24.3 Å². The van der Waals surface area contributed by atoms with Crippen LogP contribution in [0.4, 0.5) is 0 Å². The maximum Gasteiger partial charge on any atom is 0.327 e. The van der Waals surface area contributed by atoms with Gasteiger partial charge in [-0.3, -0.25) is 38.4 Å². The largest absolute Gasteiger partial charge is 0.508 e. The number of aromatic hydroxyl groups is 1. The molecule has 0 aliphatic heterocycles. The molecule has 0 aliphatic carbocycles. The predicted molar refractivity (Wildman–Crippen MR) is 267 cm³/mol. The van der Waals surface area contributed by atoms with Crippen molar-refractivity contribution in [3.63, 3.8) is 0 Å². The van der Waals surface area contributed by atoms with Crippen molar-refractivity contribution in [1.29, 1.82) is 0 Å².